The zero-order chi connectivity index (χ0) is 16.3. The first-order valence-electron chi connectivity index (χ1n) is 6.72. The lowest BCUT2D eigenvalue weighted by atomic mass is 9.96. The van der Waals surface area contributed by atoms with Crippen molar-refractivity contribution in [3.8, 4) is 22.1 Å². The Morgan fingerprint density at radius 3 is 2.50 bits per heavy atom. The third kappa shape index (κ3) is 3.54. The maximum absolute atomic E-state index is 12.0. The van der Waals surface area contributed by atoms with Crippen LogP contribution in [0.4, 0.5) is 5.13 Å². The number of rotatable bonds is 4. The predicted molar refractivity (Wildman–Crippen MR) is 86.5 cm³/mol. The van der Waals surface area contributed by atoms with Crippen LogP contribution in [0.1, 0.15) is 20.8 Å². The molecular weight excluding hydrogens is 302 g/mol. The van der Waals surface area contributed by atoms with E-state index in [1.165, 1.54) is 11.3 Å². The van der Waals surface area contributed by atoms with Gasteiger partial charge in [-0.15, -0.1) is 10.2 Å². The Hall–Kier alpha value is -2.15. The van der Waals surface area contributed by atoms with E-state index in [-0.39, 0.29) is 5.91 Å². The molecule has 1 aromatic heterocycles. The van der Waals surface area contributed by atoms with Crippen LogP contribution in [-0.4, -0.2) is 30.3 Å². The summed E-state index contributed by atoms with van der Waals surface area (Å²) in [5, 5.41) is 12.0. The molecule has 0 unspecified atom stereocenters. The molecule has 0 bridgehead atoms. The highest BCUT2D eigenvalue weighted by Crippen LogP contribution is 2.36. The molecule has 22 heavy (non-hydrogen) atoms. The molecule has 0 radical (unpaired) electrons. The minimum atomic E-state index is -0.483. The molecule has 2 aromatic rings. The van der Waals surface area contributed by atoms with Gasteiger partial charge in [-0.1, -0.05) is 32.1 Å². The van der Waals surface area contributed by atoms with E-state index in [1.807, 2.05) is 32.9 Å². The molecule has 0 spiro atoms. The van der Waals surface area contributed by atoms with Crippen LogP contribution in [-0.2, 0) is 4.79 Å². The molecule has 2 rings (SSSR count). The summed E-state index contributed by atoms with van der Waals surface area (Å²) in [6.07, 6.45) is 0. The molecule has 118 valence electrons. The first-order valence-corrected chi connectivity index (χ1v) is 7.54. The molecule has 0 aliphatic carbocycles. The second kappa shape index (κ2) is 6.31. The molecule has 7 heteroatoms. The number of anilines is 1. The van der Waals surface area contributed by atoms with Crippen molar-refractivity contribution in [3.63, 3.8) is 0 Å². The van der Waals surface area contributed by atoms with Gasteiger partial charge in [-0.2, -0.15) is 0 Å². The van der Waals surface area contributed by atoms with Crippen molar-refractivity contribution in [3.05, 3.63) is 18.2 Å². The van der Waals surface area contributed by atoms with Crippen molar-refractivity contribution in [1.82, 2.24) is 10.2 Å². The van der Waals surface area contributed by atoms with E-state index >= 15 is 0 Å². The van der Waals surface area contributed by atoms with Crippen LogP contribution in [0.5, 0.6) is 11.5 Å². The van der Waals surface area contributed by atoms with Gasteiger partial charge in [0.15, 0.2) is 5.01 Å². The van der Waals surface area contributed by atoms with Crippen LogP contribution in [0.3, 0.4) is 0 Å². The summed E-state index contributed by atoms with van der Waals surface area (Å²) in [6, 6.07) is 5.46. The summed E-state index contributed by atoms with van der Waals surface area (Å²) in [7, 11) is 3.18. The second-order valence-corrected chi connectivity index (χ2v) is 6.66. The molecular formula is C15H19N3O3S. The third-order valence-electron chi connectivity index (χ3n) is 2.97. The highest BCUT2D eigenvalue weighted by molar-refractivity contribution is 7.18. The van der Waals surface area contributed by atoms with Crippen LogP contribution in [0.2, 0.25) is 0 Å². The van der Waals surface area contributed by atoms with E-state index < -0.39 is 5.41 Å². The summed E-state index contributed by atoms with van der Waals surface area (Å²) < 4.78 is 10.5. The van der Waals surface area contributed by atoms with Crippen molar-refractivity contribution in [1.29, 1.82) is 0 Å². The molecule has 0 aliphatic rings. The summed E-state index contributed by atoms with van der Waals surface area (Å²) >= 11 is 1.30. The van der Waals surface area contributed by atoms with Crippen molar-refractivity contribution in [2.24, 2.45) is 5.41 Å². The largest absolute Gasteiger partial charge is 0.497 e. The fourth-order valence-electron chi connectivity index (χ4n) is 1.64. The second-order valence-electron chi connectivity index (χ2n) is 5.68. The lowest BCUT2D eigenvalue weighted by molar-refractivity contribution is -0.123. The van der Waals surface area contributed by atoms with E-state index in [4.69, 9.17) is 9.47 Å². The van der Waals surface area contributed by atoms with Gasteiger partial charge < -0.3 is 14.8 Å². The van der Waals surface area contributed by atoms with Gasteiger partial charge in [-0.25, -0.2) is 0 Å². The predicted octanol–water partition coefficient (Wildman–Crippen LogP) is 3.21. The molecule has 0 fully saturated rings. The lowest BCUT2D eigenvalue weighted by Gasteiger charge is -2.15. The van der Waals surface area contributed by atoms with Gasteiger partial charge in [0.25, 0.3) is 0 Å². The molecule has 0 aliphatic heterocycles. The van der Waals surface area contributed by atoms with Gasteiger partial charge in [0.05, 0.1) is 19.8 Å². The van der Waals surface area contributed by atoms with Crippen molar-refractivity contribution >= 4 is 22.4 Å². The Labute approximate surface area is 133 Å². The minimum Gasteiger partial charge on any atom is -0.497 e. The zero-order valence-corrected chi connectivity index (χ0v) is 14.1. The molecule has 1 heterocycles. The molecule has 1 N–H and O–H groups in total. The van der Waals surface area contributed by atoms with Gasteiger partial charge in [0.2, 0.25) is 11.0 Å². The van der Waals surface area contributed by atoms with Gasteiger partial charge in [0, 0.05) is 11.5 Å². The number of nitrogens with one attached hydrogen (secondary N) is 1. The van der Waals surface area contributed by atoms with E-state index in [1.54, 1.807) is 20.3 Å². The number of methoxy groups -OCH3 is 2. The lowest BCUT2D eigenvalue weighted by Crippen LogP contribution is -2.27. The Morgan fingerprint density at radius 2 is 1.91 bits per heavy atom. The van der Waals surface area contributed by atoms with Gasteiger partial charge in [0.1, 0.15) is 11.5 Å². The summed E-state index contributed by atoms with van der Waals surface area (Å²) in [6.45, 7) is 5.53. The van der Waals surface area contributed by atoms with Crippen molar-refractivity contribution in [2.75, 3.05) is 19.5 Å². The third-order valence-corrected chi connectivity index (χ3v) is 3.84. The molecule has 6 nitrogen and oxygen atoms in total. The average Bonchev–Trinajstić information content (AvgIpc) is 2.93. The standard InChI is InChI=1S/C15H19N3O3S/c1-15(2,3)13(19)16-14-18-17-12(22-14)10-7-6-9(20-4)8-11(10)21-5/h6-8H,1-5H3,(H,16,18,19). The Bertz CT molecular complexity index is 677. The maximum Gasteiger partial charge on any atom is 0.231 e. The summed E-state index contributed by atoms with van der Waals surface area (Å²) in [5.74, 6) is 1.24. The number of aromatic nitrogens is 2. The first-order chi connectivity index (χ1) is 10.3. The van der Waals surface area contributed by atoms with Crippen LogP contribution >= 0.6 is 11.3 Å². The van der Waals surface area contributed by atoms with Crippen LogP contribution in [0.25, 0.3) is 10.6 Å². The highest BCUT2D eigenvalue weighted by Gasteiger charge is 2.23. The Morgan fingerprint density at radius 1 is 1.18 bits per heavy atom. The first kappa shape index (κ1) is 16.2. The zero-order valence-electron chi connectivity index (χ0n) is 13.3. The number of carbonyl (C=O) groups is 1. The molecule has 1 aromatic carbocycles. The quantitative estimate of drug-likeness (QED) is 0.936. The summed E-state index contributed by atoms with van der Waals surface area (Å²) in [5.41, 5.74) is 0.320. The van der Waals surface area contributed by atoms with Crippen molar-refractivity contribution in [2.45, 2.75) is 20.8 Å². The smallest absolute Gasteiger partial charge is 0.231 e. The normalized spacial score (nSPS) is 11.1. The Balaban J connectivity index is 2.27. The highest BCUT2D eigenvalue weighted by atomic mass is 32.1. The van der Waals surface area contributed by atoms with Gasteiger partial charge in [-0.05, 0) is 12.1 Å². The van der Waals surface area contributed by atoms with Crippen LogP contribution in [0.15, 0.2) is 18.2 Å². The number of hydrogen-bond donors (Lipinski definition) is 1. The van der Waals surface area contributed by atoms with E-state index in [9.17, 15) is 4.79 Å². The topological polar surface area (TPSA) is 73.3 Å². The minimum absolute atomic E-state index is 0.100. The molecule has 0 saturated carbocycles. The Kier molecular flexibility index (Phi) is 4.65. The van der Waals surface area contributed by atoms with E-state index in [2.05, 4.69) is 15.5 Å². The maximum atomic E-state index is 12.0. The van der Waals surface area contributed by atoms with Gasteiger partial charge >= 0.3 is 0 Å². The van der Waals surface area contributed by atoms with Gasteiger partial charge in [-0.3, -0.25) is 4.79 Å². The number of benzene rings is 1. The average molecular weight is 321 g/mol. The fourth-order valence-corrected chi connectivity index (χ4v) is 2.41. The SMILES string of the molecule is COc1ccc(-c2nnc(NC(=O)C(C)(C)C)s2)c(OC)c1. The molecule has 0 saturated heterocycles. The molecule has 0 atom stereocenters. The van der Waals surface area contributed by atoms with E-state index in [0.717, 1.165) is 5.56 Å². The number of amides is 1. The number of hydrogen-bond acceptors (Lipinski definition) is 6. The van der Waals surface area contributed by atoms with Crippen LogP contribution in [0, 0.1) is 5.41 Å². The summed E-state index contributed by atoms with van der Waals surface area (Å²) in [4.78, 5) is 12.0. The fraction of sp³-hybridized carbons (Fsp3) is 0.400. The van der Waals surface area contributed by atoms with Crippen LogP contribution < -0.4 is 14.8 Å². The van der Waals surface area contributed by atoms with Crippen molar-refractivity contribution < 1.29 is 14.3 Å². The van der Waals surface area contributed by atoms with E-state index in [0.29, 0.717) is 21.6 Å². The monoisotopic (exact) mass is 321 g/mol. The number of ether oxygens (including phenoxy) is 2. The molecule has 1 amide bonds. The number of carbonyl (C=O) groups excluding carboxylic acids is 1. The number of nitrogens with zero attached hydrogens (tertiary/aromatic N) is 2.